The van der Waals surface area contributed by atoms with Gasteiger partial charge in [-0.05, 0) is 36.5 Å². The molecule has 0 aromatic heterocycles. The van der Waals surface area contributed by atoms with Crippen LogP contribution in [-0.2, 0) is 9.53 Å². The Morgan fingerprint density at radius 2 is 2.04 bits per heavy atom. The molecule has 2 N–H and O–H groups in total. The minimum Gasteiger partial charge on any atom is -0.378 e. The first-order valence-corrected chi connectivity index (χ1v) is 8.33. The fourth-order valence-electron chi connectivity index (χ4n) is 2.36. The number of anilines is 2. The molecule has 0 atom stereocenters. The van der Waals surface area contributed by atoms with E-state index in [-0.39, 0.29) is 12.5 Å². The molecule has 130 valence electrons. The molecule has 24 heavy (non-hydrogen) atoms. The van der Waals surface area contributed by atoms with E-state index >= 15 is 0 Å². The summed E-state index contributed by atoms with van der Waals surface area (Å²) < 4.78 is 5.35. The number of morpholine rings is 1. The van der Waals surface area contributed by atoms with Gasteiger partial charge in [0, 0.05) is 38.1 Å². The Morgan fingerprint density at radius 1 is 1.38 bits per heavy atom. The van der Waals surface area contributed by atoms with Crippen molar-refractivity contribution in [2.24, 2.45) is 0 Å². The molecule has 1 fully saturated rings. The van der Waals surface area contributed by atoms with Crippen LogP contribution < -0.4 is 15.5 Å². The van der Waals surface area contributed by atoms with E-state index in [1.165, 1.54) is 0 Å². The van der Waals surface area contributed by atoms with Gasteiger partial charge in [0.05, 0.1) is 19.8 Å². The summed E-state index contributed by atoms with van der Waals surface area (Å²) in [6.45, 7) is 7.68. The third-order valence-electron chi connectivity index (χ3n) is 3.65. The van der Waals surface area contributed by atoms with Crippen LogP contribution in [0.4, 0.5) is 11.4 Å². The quantitative estimate of drug-likeness (QED) is 0.600. The fourth-order valence-corrected chi connectivity index (χ4v) is 2.51. The van der Waals surface area contributed by atoms with Crippen molar-refractivity contribution in [3.05, 3.63) is 36.9 Å². The molecular weight excluding hydrogens is 324 g/mol. The Kier molecular flexibility index (Phi) is 7.02. The average Bonchev–Trinajstić information content (AvgIpc) is 2.61. The van der Waals surface area contributed by atoms with Crippen LogP contribution in [-0.4, -0.2) is 62.4 Å². The second-order valence-electron chi connectivity index (χ2n) is 5.53. The number of benzene rings is 1. The molecule has 0 radical (unpaired) electrons. The summed E-state index contributed by atoms with van der Waals surface area (Å²) in [4.78, 5) is 16.1. The number of hydrogen-bond donors (Lipinski definition) is 2. The zero-order valence-corrected chi connectivity index (χ0v) is 14.8. The van der Waals surface area contributed by atoms with Crippen molar-refractivity contribution in [3.8, 4) is 0 Å². The predicted molar refractivity (Wildman–Crippen MR) is 102 cm³/mol. The molecule has 1 aliphatic rings. The van der Waals surface area contributed by atoms with Gasteiger partial charge in [0.1, 0.15) is 0 Å². The van der Waals surface area contributed by atoms with Crippen LogP contribution in [0.3, 0.4) is 0 Å². The van der Waals surface area contributed by atoms with Crippen LogP contribution >= 0.6 is 12.2 Å². The van der Waals surface area contributed by atoms with Gasteiger partial charge < -0.3 is 25.2 Å². The fraction of sp³-hybridized carbons (Fsp3) is 0.412. The zero-order chi connectivity index (χ0) is 17.4. The van der Waals surface area contributed by atoms with Crippen LogP contribution in [0.25, 0.3) is 0 Å². The lowest BCUT2D eigenvalue weighted by Crippen LogP contribution is -2.41. The largest absolute Gasteiger partial charge is 0.378 e. The maximum Gasteiger partial charge on any atom is 0.243 e. The minimum absolute atomic E-state index is 0.112. The lowest BCUT2D eigenvalue weighted by molar-refractivity contribution is -0.116. The van der Waals surface area contributed by atoms with Crippen LogP contribution in [0.15, 0.2) is 36.9 Å². The Morgan fingerprint density at radius 3 is 2.67 bits per heavy atom. The van der Waals surface area contributed by atoms with E-state index in [4.69, 9.17) is 17.0 Å². The molecule has 1 amide bonds. The van der Waals surface area contributed by atoms with E-state index in [2.05, 4.69) is 22.1 Å². The Hall–Kier alpha value is -2.12. The molecule has 0 spiro atoms. The highest BCUT2D eigenvalue weighted by molar-refractivity contribution is 7.80. The molecule has 2 rings (SSSR count). The van der Waals surface area contributed by atoms with Crippen molar-refractivity contribution >= 4 is 34.6 Å². The maximum atomic E-state index is 12.1. The smallest absolute Gasteiger partial charge is 0.243 e. The van der Waals surface area contributed by atoms with Gasteiger partial charge in [-0.2, -0.15) is 0 Å². The second kappa shape index (κ2) is 9.24. The van der Waals surface area contributed by atoms with Crippen molar-refractivity contribution in [2.45, 2.75) is 0 Å². The first-order valence-electron chi connectivity index (χ1n) is 7.92. The Bertz CT molecular complexity index is 570. The molecule has 0 bridgehead atoms. The van der Waals surface area contributed by atoms with Gasteiger partial charge in [0.25, 0.3) is 0 Å². The summed E-state index contributed by atoms with van der Waals surface area (Å²) in [6, 6.07) is 7.86. The van der Waals surface area contributed by atoms with Gasteiger partial charge in [-0.15, -0.1) is 6.58 Å². The highest BCUT2D eigenvalue weighted by Gasteiger charge is 2.12. The van der Waals surface area contributed by atoms with E-state index in [0.717, 1.165) is 37.7 Å². The summed E-state index contributed by atoms with van der Waals surface area (Å²) >= 11 is 5.19. The SMILES string of the molecule is C=CCNC(=S)N(C)CC(=O)Nc1ccc(N2CCOCC2)cc1. The van der Waals surface area contributed by atoms with Gasteiger partial charge in [0.15, 0.2) is 5.11 Å². The van der Waals surface area contributed by atoms with E-state index in [0.29, 0.717) is 11.7 Å². The van der Waals surface area contributed by atoms with E-state index in [1.807, 2.05) is 24.3 Å². The molecule has 1 aromatic rings. The van der Waals surface area contributed by atoms with E-state index in [1.54, 1.807) is 18.0 Å². The number of likely N-dealkylation sites (N-methyl/N-ethyl adjacent to an activating group) is 1. The first kappa shape index (κ1) is 18.2. The molecule has 1 heterocycles. The summed E-state index contributed by atoms with van der Waals surface area (Å²) in [5.41, 5.74) is 1.92. The van der Waals surface area contributed by atoms with E-state index in [9.17, 15) is 4.79 Å². The molecular formula is C17H24N4O2S. The predicted octanol–water partition coefficient (Wildman–Crippen LogP) is 1.45. The molecule has 1 aromatic carbocycles. The van der Waals surface area contributed by atoms with Crippen molar-refractivity contribution in [2.75, 3.05) is 56.7 Å². The summed E-state index contributed by atoms with van der Waals surface area (Å²) in [5, 5.41) is 6.39. The zero-order valence-electron chi connectivity index (χ0n) is 14.0. The molecule has 1 aliphatic heterocycles. The second-order valence-corrected chi connectivity index (χ2v) is 5.91. The summed E-state index contributed by atoms with van der Waals surface area (Å²) in [6.07, 6.45) is 1.72. The van der Waals surface area contributed by atoms with Gasteiger partial charge in [-0.1, -0.05) is 6.08 Å². The summed E-state index contributed by atoms with van der Waals surface area (Å²) in [7, 11) is 1.78. The number of ether oxygens (including phenoxy) is 1. The normalized spacial score (nSPS) is 14.0. The van der Waals surface area contributed by atoms with Gasteiger partial charge >= 0.3 is 0 Å². The van der Waals surface area contributed by atoms with Crippen molar-refractivity contribution in [1.29, 1.82) is 0 Å². The molecule has 0 aliphatic carbocycles. The van der Waals surface area contributed by atoms with Crippen LogP contribution in [0.2, 0.25) is 0 Å². The number of thiocarbonyl (C=S) groups is 1. The molecule has 6 nitrogen and oxygen atoms in total. The standard InChI is InChI=1S/C17H24N4O2S/c1-3-8-18-17(24)20(2)13-16(22)19-14-4-6-15(7-5-14)21-9-11-23-12-10-21/h3-7H,1,8-13H2,2H3,(H,18,24)(H,19,22). The van der Waals surface area contributed by atoms with Crippen LogP contribution in [0.5, 0.6) is 0 Å². The van der Waals surface area contributed by atoms with Gasteiger partial charge in [-0.3, -0.25) is 4.79 Å². The third kappa shape index (κ3) is 5.50. The van der Waals surface area contributed by atoms with Crippen molar-refractivity contribution in [1.82, 2.24) is 10.2 Å². The number of nitrogens with one attached hydrogen (secondary N) is 2. The lowest BCUT2D eigenvalue weighted by Gasteiger charge is -2.29. The minimum atomic E-state index is -0.112. The number of nitrogens with zero attached hydrogens (tertiary/aromatic N) is 2. The third-order valence-corrected chi connectivity index (χ3v) is 4.11. The number of hydrogen-bond acceptors (Lipinski definition) is 4. The average molecular weight is 348 g/mol. The number of carbonyl (C=O) groups excluding carboxylic acids is 1. The highest BCUT2D eigenvalue weighted by Crippen LogP contribution is 2.18. The monoisotopic (exact) mass is 348 g/mol. The van der Waals surface area contributed by atoms with E-state index < -0.39 is 0 Å². The maximum absolute atomic E-state index is 12.1. The number of amides is 1. The van der Waals surface area contributed by atoms with Crippen LogP contribution in [0, 0.1) is 0 Å². The highest BCUT2D eigenvalue weighted by atomic mass is 32.1. The number of carbonyl (C=O) groups is 1. The lowest BCUT2D eigenvalue weighted by atomic mass is 10.2. The van der Waals surface area contributed by atoms with Gasteiger partial charge in [-0.25, -0.2) is 0 Å². The Labute approximate surface area is 148 Å². The van der Waals surface area contributed by atoms with Crippen molar-refractivity contribution in [3.63, 3.8) is 0 Å². The topological polar surface area (TPSA) is 56.8 Å². The first-order chi connectivity index (χ1) is 11.6. The molecule has 7 heteroatoms. The molecule has 0 saturated carbocycles. The summed E-state index contributed by atoms with van der Waals surface area (Å²) in [5.74, 6) is -0.112. The van der Waals surface area contributed by atoms with Crippen molar-refractivity contribution < 1.29 is 9.53 Å². The Balaban J connectivity index is 1.83. The van der Waals surface area contributed by atoms with Gasteiger partial charge in [0.2, 0.25) is 5.91 Å². The van der Waals surface area contributed by atoms with Crippen LogP contribution in [0.1, 0.15) is 0 Å². The number of rotatable bonds is 6. The molecule has 0 unspecified atom stereocenters. The molecule has 1 saturated heterocycles.